The van der Waals surface area contributed by atoms with Crippen LogP contribution in [-0.4, -0.2) is 35.6 Å². The summed E-state index contributed by atoms with van der Waals surface area (Å²) >= 11 is 0. The van der Waals surface area contributed by atoms with Crippen LogP contribution in [0.4, 0.5) is 0 Å². The summed E-state index contributed by atoms with van der Waals surface area (Å²) in [5.74, 6) is -0.423. The molecule has 17 heavy (non-hydrogen) atoms. The molecule has 2 atom stereocenters. The lowest BCUT2D eigenvalue weighted by Crippen LogP contribution is -2.56. The van der Waals surface area contributed by atoms with Crippen LogP contribution in [0, 0.1) is 5.92 Å². The Kier molecular flexibility index (Phi) is 4.93. The molecule has 0 spiro atoms. The zero-order valence-corrected chi connectivity index (χ0v) is 10.6. The molecule has 5 nitrogen and oxygen atoms in total. The molecule has 0 bridgehead atoms. The average Bonchev–Trinajstić information content (AvgIpc) is 2.24. The first kappa shape index (κ1) is 14.0. The van der Waals surface area contributed by atoms with E-state index in [1.165, 1.54) is 6.92 Å². The summed E-state index contributed by atoms with van der Waals surface area (Å²) in [4.78, 5) is 22.1. The molecule has 1 rings (SSSR count). The highest BCUT2D eigenvalue weighted by Crippen LogP contribution is 2.32. The first-order chi connectivity index (χ1) is 7.96. The Labute approximate surface area is 102 Å². The van der Waals surface area contributed by atoms with Gasteiger partial charge >= 0.3 is 5.97 Å². The second-order valence-corrected chi connectivity index (χ2v) is 5.00. The molecule has 1 saturated carbocycles. The number of nitrogens with one attached hydrogen (secondary N) is 2. The molecule has 1 amide bonds. The number of hydrogen-bond donors (Lipinski definition) is 3. The molecule has 2 unspecified atom stereocenters. The molecule has 1 aliphatic rings. The van der Waals surface area contributed by atoms with Crippen LogP contribution in [0.5, 0.6) is 0 Å². The van der Waals surface area contributed by atoms with Gasteiger partial charge in [-0.1, -0.05) is 19.8 Å². The molecule has 0 aromatic carbocycles. The van der Waals surface area contributed by atoms with E-state index in [1.54, 1.807) is 0 Å². The van der Waals surface area contributed by atoms with E-state index >= 15 is 0 Å². The monoisotopic (exact) mass is 242 g/mol. The molecule has 1 fully saturated rings. The fourth-order valence-corrected chi connectivity index (χ4v) is 2.52. The normalized spacial score (nSPS) is 28.7. The minimum atomic E-state index is -0.796. The average molecular weight is 242 g/mol. The lowest BCUT2D eigenvalue weighted by molar-refractivity contribution is -0.147. The number of carbonyl (C=O) groups is 2. The Bertz CT molecular complexity index is 293. The van der Waals surface area contributed by atoms with Crippen molar-refractivity contribution in [1.29, 1.82) is 0 Å². The molecule has 0 saturated heterocycles. The Morgan fingerprint density at radius 1 is 1.41 bits per heavy atom. The van der Waals surface area contributed by atoms with Gasteiger partial charge in [-0.25, -0.2) is 0 Å². The second-order valence-electron chi connectivity index (χ2n) is 5.00. The molecule has 98 valence electrons. The van der Waals surface area contributed by atoms with Crippen LogP contribution in [0.2, 0.25) is 0 Å². The van der Waals surface area contributed by atoms with Gasteiger partial charge in [0.15, 0.2) is 0 Å². The Balaban J connectivity index is 2.48. The van der Waals surface area contributed by atoms with Crippen molar-refractivity contribution in [3.63, 3.8) is 0 Å². The maximum atomic E-state index is 11.4. The predicted molar refractivity (Wildman–Crippen MR) is 64.7 cm³/mol. The molecule has 0 aliphatic heterocycles. The summed E-state index contributed by atoms with van der Waals surface area (Å²) in [7, 11) is 0. The zero-order valence-electron chi connectivity index (χ0n) is 10.6. The molecule has 0 aromatic heterocycles. The minimum Gasteiger partial charge on any atom is -0.480 e. The van der Waals surface area contributed by atoms with E-state index in [0.717, 1.165) is 12.8 Å². The van der Waals surface area contributed by atoms with Crippen molar-refractivity contribution in [1.82, 2.24) is 10.6 Å². The third kappa shape index (κ3) is 4.00. The van der Waals surface area contributed by atoms with Gasteiger partial charge in [-0.05, 0) is 18.8 Å². The van der Waals surface area contributed by atoms with E-state index < -0.39 is 11.5 Å². The van der Waals surface area contributed by atoms with Crippen LogP contribution < -0.4 is 10.6 Å². The molecule has 0 radical (unpaired) electrons. The van der Waals surface area contributed by atoms with Crippen molar-refractivity contribution in [2.45, 2.75) is 45.1 Å². The van der Waals surface area contributed by atoms with Crippen molar-refractivity contribution in [2.24, 2.45) is 5.92 Å². The van der Waals surface area contributed by atoms with Gasteiger partial charge in [0.2, 0.25) is 5.91 Å². The Morgan fingerprint density at radius 2 is 2.12 bits per heavy atom. The predicted octanol–water partition coefficient (Wildman–Crippen LogP) is 0.746. The highest BCUT2D eigenvalue weighted by atomic mass is 16.4. The second kappa shape index (κ2) is 6.00. The minimum absolute atomic E-state index is 0.0896. The maximum absolute atomic E-state index is 11.4. The Morgan fingerprint density at radius 3 is 2.65 bits per heavy atom. The molecule has 3 N–H and O–H groups in total. The summed E-state index contributed by atoms with van der Waals surface area (Å²) in [5.41, 5.74) is -0.796. The van der Waals surface area contributed by atoms with Gasteiger partial charge in [0.05, 0.1) is 0 Å². The highest BCUT2D eigenvalue weighted by Gasteiger charge is 2.41. The molecule has 0 heterocycles. The maximum Gasteiger partial charge on any atom is 0.323 e. The van der Waals surface area contributed by atoms with Gasteiger partial charge in [-0.3, -0.25) is 9.59 Å². The topological polar surface area (TPSA) is 78.4 Å². The fraction of sp³-hybridized carbons (Fsp3) is 0.833. The van der Waals surface area contributed by atoms with Crippen molar-refractivity contribution >= 4 is 11.9 Å². The quantitative estimate of drug-likeness (QED) is 0.621. The summed E-state index contributed by atoms with van der Waals surface area (Å²) in [6, 6.07) is 0. The smallest absolute Gasteiger partial charge is 0.323 e. The number of rotatable bonds is 5. The summed E-state index contributed by atoms with van der Waals surface area (Å²) < 4.78 is 0. The van der Waals surface area contributed by atoms with E-state index in [0.29, 0.717) is 31.8 Å². The van der Waals surface area contributed by atoms with Crippen LogP contribution in [0.15, 0.2) is 0 Å². The number of aliphatic carboxylic acids is 1. The van der Waals surface area contributed by atoms with Crippen LogP contribution in [0.25, 0.3) is 0 Å². The van der Waals surface area contributed by atoms with Crippen molar-refractivity contribution in [2.75, 3.05) is 13.1 Å². The van der Waals surface area contributed by atoms with E-state index in [4.69, 9.17) is 0 Å². The summed E-state index contributed by atoms with van der Waals surface area (Å²) in [6.45, 7) is 4.51. The van der Waals surface area contributed by atoms with Gasteiger partial charge in [0, 0.05) is 20.0 Å². The number of carboxylic acid groups (broad SMARTS) is 1. The lowest BCUT2D eigenvalue weighted by Gasteiger charge is -2.37. The Hall–Kier alpha value is -1.10. The van der Waals surface area contributed by atoms with E-state index in [9.17, 15) is 14.7 Å². The van der Waals surface area contributed by atoms with Crippen LogP contribution in [0.3, 0.4) is 0 Å². The van der Waals surface area contributed by atoms with Crippen LogP contribution in [0.1, 0.15) is 39.5 Å². The standard InChI is InChI=1S/C12H22N2O3/c1-9-4-3-5-12(8-9,11(16)17)14-7-6-13-10(2)15/h9,14H,3-8H2,1-2H3,(H,13,15)(H,16,17). The van der Waals surface area contributed by atoms with Crippen molar-refractivity contribution in [3.05, 3.63) is 0 Å². The molecular formula is C12H22N2O3. The lowest BCUT2D eigenvalue weighted by atomic mass is 9.76. The summed E-state index contributed by atoms with van der Waals surface area (Å²) in [5, 5.41) is 15.1. The van der Waals surface area contributed by atoms with Crippen molar-refractivity contribution < 1.29 is 14.7 Å². The van der Waals surface area contributed by atoms with E-state index in [2.05, 4.69) is 17.6 Å². The zero-order chi connectivity index (χ0) is 12.9. The molecule has 0 aromatic rings. The molecular weight excluding hydrogens is 220 g/mol. The number of amides is 1. The van der Waals surface area contributed by atoms with Crippen LogP contribution >= 0.6 is 0 Å². The summed E-state index contributed by atoms with van der Waals surface area (Å²) in [6.07, 6.45) is 3.39. The molecule has 1 aliphatic carbocycles. The first-order valence-electron chi connectivity index (χ1n) is 6.19. The highest BCUT2D eigenvalue weighted by molar-refractivity contribution is 5.79. The largest absolute Gasteiger partial charge is 0.480 e. The van der Waals surface area contributed by atoms with Gasteiger partial charge in [-0.15, -0.1) is 0 Å². The van der Waals surface area contributed by atoms with Gasteiger partial charge < -0.3 is 15.7 Å². The third-order valence-corrected chi connectivity index (χ3v) is 3.37. The first-order valence-corrected chi connectivity index (χ1v) is 6.19. The fourth-order valence-electron chi connectivity index (χ4n) is 2.52. The van der Waals surface area contributed by atoms with Gasteiger partial charge in [0.25, 0.3) is 0 Å². The van der Waals surface area contributed by atoms with Crippen molar-refractivity contribution in [3.8, 4) is 0 Å². The molecule has 5 heteroatoms. The van der Waals surface area contributed by atoms with Crippen LogP contribution in [-0.2, 0) is 9.59 Å². The SMILES string of the molecule is CC(=O)NCCNC1(C(=O)O)CCCC(C)C1. The van der Waals surface area contributed by atoms with E-state index in [-0.39, 0.29) is 5.91 Å². The number of carboxylic acids is 1. The number of hydrogen-bond acceptors (Lipinski definition) is 3. The van der Waals surface area contributed by atoms with Gasteiger partial charge in [0.1, 0.15) is 5.54 Å². The van der Waals surface area contributed by atoms with Gasteiger partial charge in [-0.2, -0.15) is 0 Å². The number of carbonyl (C=O) groups excluding carboxylic acids is 1. The van der Waals surface area contributed by atoms with E-state index in [1.807, 2.05) is 0 Å². The third-order valence-electron chi connectivity index (χ3n) is 3.37.